The van der Waals surface area contributed by atoms with Crippen LogP contribution in [-0.2, 0) is 0 Å². The van der Waals surface area contributed by atoms with Crippen molar-refractivity contribution in [3.63, 3.8) is 0 Å². The molecule has 1 N–H and O–H groups in total. The summed E-state index contributed by atoms with van der Waals surface area (Å²) in [5, 5.41) is 15.5. The Morgan fingerprint density at radius 2 is 2.39 bits per heavy atom. The van der Waals surface area contributed by atoms with Crippen LogP contribution in [0.1, 0.15) is 30.0 Å². The van der Waals surface area contributed by atoms with Gasteiger partial charge >= 0.3 is 0 Å². The molecule has 0 radical (unpaired) electrons. The number of nitriles is 1. The number of aromatic nitrogens is 1. The maximum Gasteiger partial charge on any atom is 0.115 e. The Hall–Kier alpha value is -1.38. The van der Waals surface area contributed by atoms with Gasteiger partial charge in [0, 0.05) is 16.0 Å². The van der Waals surface area contributed by atoms with Gasteiger partial charge in [-0.15, -0.1) is 11.3 Å². The first-order valence-corrected chi connectivity index (χ1v) is 7.27. The molecule has 0 bridgehead atoms. The van der Waals surface area contributed by atoms with Crippen LogP contribution in [0.2, 0.25) is 0 Å². The van der Waals surface area contributed by atoms with Gasteiger partial charge < -0.3 is 5.32 Å². The molecule has 0 spiro atoms. The van der Waals surface area contributed by atoms with Gasteiger partial charge in [-0.2, -0.15) is 5.26 Å². The lowest BCUT2D eigenvalue weighted by Gasteiger charge is -2.17. The maximum absolute atomic E-state index is 9.11. The summed E-state index contributed by atoms with van der Waals surface area (Å²) in [5.74, 6) is 0. The summed E-state index contributed by atoms with van der Waals surface area (Å²) in [7, 11) is 0. The van der Waals surface area contributed by atoms with E-state index in [1.165, 1.54) is 0 Å². The van der Waals surface area contributed by atoms with Crippen LogP contribution in [0, 0.1) is 11.3 Å². The fourth-order valence-corrected chi connectivity index (χ4v) is 2.80. The standard InChI is InChI=1S/C13H12BrN3S/c1-2-11(13-16-5-6-18-13)17-12-7-10(14)4-3-9(12)8-15/h3-7,11,17H,2H2,1H3. The Morgan fingerprint density at radius 1 is 1.56 bits per heavy atom. The van der Waals surface area contributed by atoms with Gasteiger partial charge in [0.05, 0.1) is 17.3 Å². The largest absolute Gasteiger partial charge is 0.375 e. The van der Waals surface area contributed by atoms with Crippen molar-refractivity contribution in [2.75, 3.05) is 5.32 Å². The van der Waals surface area contributed by atoms with Gasteiger partial charge in [0.25, 0.3) is 0 Å². The fourth-order valence-electron chi connectivity index (χ4n) is 1.67. The number of rotatable bonds is 4. The van der Waals surface area contributed by atoms with Gasteiger partial charge in [-0.05, 0) is 24.6 Å². The fraction of sp³-hybridized carbons (Fsp3) is 0.231. The van der Waals surface area contributed by atoms with Crippen molar-refractivity contribution in [3.05, 3.63) is 44.8 Å². The lowest BCUT2D eigenvalue weighted by Crippen LogP contribution is -2.10. The lowest BCUT2D eigenvalue weighted by molar-refractivity contribution is 0.742. The number of hydrogen-bond acceptors (Lipinski definition) is 4. The minimum Gasteiger partial charge on any atom is -0.375 e. The van der Waals surface area contributed by atoms with E-state index < -0.39 is 0 Å². The highest BCUT2D eigenvalue weighted by Crippen LogP contribution is 2.28. The van der Waals surface area contributed by atoms with Gasteiger partial charge in [-0.25, -0.2) is 4.98 Å². The first-order chi connectivity index (χ1) is 8.74. The number of hydrogen-bond donors (Lipinski definition) is 1. The van der Waals surface area contributed by atoms with E-state index in [1.807, 2.05) is 17.5 Å². The third-order valence-corrected chi connectivity index (χ3v) is 3.97. The van der Waals surface area contributed by atoms with Crippen molar-refractivity contribution >= 4 is 33.0 Å². The summed E-state index contributed by atoms with van der Waals surface area (Å²) in [6, 6.07) is 7.94. The topological polar surface area (TPSA) is 48.7 Å². The van der Waals surface area contributed by atoms with Crippen molar-refractivity contribution in [1.82, 2.24) is 4.98 Å². The smallest absolute Gasteiger partial charge is 0.115 e. The summed E-state index contributed by atoms with van der Waals surface area (Å²) in [6.07, 6.45) is 2.72. The summed E-state index contributed by atoms with van der Waals surface area (Å²) in [4.78, 5) is 4.32. The monoisotopic (exact) mass is 321 g/mol. The molecule has 0 aliphatic heterocycles. The molecule has 0 aliphatic carbocycles. The van der Waals surface area contributed by atoms with Crippen molar-refractivity contribution < 1.29 is 0 Å². The molecule has 5 heteroatoms. The summed E-state index contributed by atoms with van der Waals surface area (Å²) in [6.45, 7) is 2.10. The Kier molecular flexibility index (Phi) is 4.34. The molecule has 0 aliphatic rings. The van der Waals surface area contributed by atoms with Crippen molar-refractivity contribution in [2.45, 2.75) is 19.4 Å². The molecule has 1 atom stereocenters. The zero-order valence-electron chi connectivity index (χ0n) is 9.85. The van der Waals surface area contributed by atoms with Gasteiger partial charge in [0.1, 0.15) is 11.1 Å². The van der Waals surface area contributed by atoms with Crippen LogP contribution in [0.3, 0.4) is 0 Å². The highest BCUT2D eigenvalue weighted by Gasteiger charge is 2.13. The van der Waals surface area contributed by atoms with Crippen LogP contribution >= 0.6 is 27.3 Å². The number of thiazole rings is 1. The minimum absolute atomic E-state index is 0.145. The maximum atomic E-state index is 9.11. The van der Waals surface area contributed by atoms with Crippen molar-refractivity contribution in [3.8, 4) is 6.07 Å². The Morgan fingerprint density at radius 3 is 3.00 bits per heavy atom. The zero-order valence-corrected chi connectivity index (χ0v) is 12.3. The highest BCUT2D eigenvalue weighted by atomic mass is 79.9. The molecule has 3 nitrogen and oxygen atoms in total. The van der Waals surface area contributed by atoms with Crippen LogP contribution in [-0.4, -0.2) is 4.98 Å². The molecule has 1 heterocycles. The van der Waals surface area contributed by atoms with Crippen LogP contribution in [0.4, 0.5) is 5.69 Å². The first kappa shape index (κ1) is 13.1. The van der Waals surface area contributed by atoms with Crippen molar-refractivity contribution in [1.29, 1.82) is 5.26 Å². The predicted molar refractivity (Wildman–Crippen MR) is 77.6 cm³/mol. The minimum atomic E-state index is 0.145. The zero-order chi connectivity index (χ0) is 13.0. The molecule has 0 amide bonds. The number of benzene rings is 1. The molecule has 1 aromatic carbocycles. The number of halogens is 1. The SMILES string of the molecule is CCC(Nc1cc(Br)ccc1C#N)c1nccs1. The van der Waals surface area contributed by atoms with E-state index >= 15 is 0 Å². The van der Waals surface area contributed by atoms with Gasteiger partial charge in [-0.3, -0.25) is 0 Å². The van der Waals surface area contributed by atoms with Crippen molar-refractivity contribution in [2.24, 2.45) is 0 Å². The summed E-state index contributed by atoms with van der Waals surface area (Å²) in [5.41, 5.74) is 1.49. The number of nitrogens with zero attached hydrogens (tertiary/aromatic N) is 2. The lowest BCUT2D eigenvalue weighted by atomic mass is 10.1. The Balaban J connectivity index is 2.27. The van der Waals surface area contributed by atoms with E-state index in [0.717, 1.165) is 21.6 Å². The average molecular weight is 322 g/mol. The van der Waals surface area contributed by atoms with Gasteiger partial charge in [0.2, 0.25) is 0 Å². The molecule has 0 saturated heterocycles. The van der Waals surface area contributed by atoms with Gasteiger partial charge in [-0.1, -0.05) is 22.9 Å². The molecule has 2 aromatic rings. The molecule has 0 saturated carbocycles. The molecule has 2 rings (SSSR count). The van der Waals surface area contributed by atoms with E-state index in [0.29, 0.717) is 5.56 Å². The van der Waals surface area contributed by atoms with E-state index in [-0.39, 0.29) is 6.04 Å². The van der Waals surface area contributed by atoms with Crippen LogP contribution in [0.25, 0.3) is 0 Å². The molecule has 18 heavy (non-hydrogen) atoms. The van der Waals surface area contributed by atoms with Crippen LogP contribution in [0.5, 0.6) is 0 Å². The Labute approximate surface area is 119 Å². The Bertz CT molecular complexity index is 560. The molecular weight excluding hydrogens is 310 g/mol. The summed E-state index contributed by atoms with van der Waals surface area (Å²) < 4.78 is 0.956. The molecule has 92 valence electrons. The number of anilines is 1. The highest BCUT2D eigenvalue weighted by molar-refractivity contribution is 9.10. The van der Waals surface area contributed by atoms with Gasteiger partial charge in [0.15, 0.2) is 0 Å². The van der Waals surface area contributed by atoms with E-state index in [1.54, 1.807) is 23.6 Å². The number of nitrogens with one attached hydrogen (secondary N) is 1. The van der Waals surface area contributed by atoms with E-state index in [2.05, 4.69) is 39.2 Å². The van der Waals surface area contributed by atoms with E-state index in [9.17, 15) is 0 Å². The average Bonchev–Trinajstić information content (AvgIpc) is 2.90. The first-order valence-electron chi connectivity index (χ1n) is 5.60. The quantitative estimate of drug-likeness (QED) is 0.911. The molecule has 1 unspecified atom stereocenters. The third-order valence-electron chi connectivity index (χ3n) is 2.59. The normalized spacial score (nSPS) is 11.8. The summed E-state index contributed by atoms with van der Waals surface area (Å²) >= 11 is 5.05. The molecule has 0 fully saturated rings. The second-order valence-electron chi connectivity index (χ2n) is 3.78. The third kappa shape index (κ3) is 2.89. The van der Waals surface area contributed by atoms with Crippen LogP contribution < -0.4 is 5.32 Å². The molecular formula is C13H12BrN3S. The van der Waals surface area contributed by atoms with Crippen LogP contribution in [0.15, 0.2) is 34.2 Å². The predicted octanol–water partition coefficient (Wildman–Crippen LogP) is 4.34. The second kappa shape index (κ2) is 5.98. The van der Waals surface area contributed by atoms with E-state index in [4.69, 9.17) is 5.26 Å². The molecule has 1 aromatic heterocycles. The second-order valence-corrected chi connectivity index (χ2v) is 5.62.